The average Bonchev–Trinajstić information content (AvgIpc) is 2.71. The van der Waals surface area contributed by atoms with Crippen molar-refractivity contribution in [3.63, 3.8) is 0 Å². The van der Waals surface area contributed by atoms with Crippen LogP contribution in [0.1, 0.15) is 34.5 Å². The molecule has 1 heterocycles. The zero-order chi connectivity index (χ0) is 20.1. The smallest absolute Gasteiger partial charge is 0.374 e. The number of ether oxygens (including phenoxy) is 1. The summed E-state index contributed by atoms with van der Waals surface area (Å²) in [6.07, 6.45) is 0. The van der Waals surface area contributed by atoms with E-state index in [4.69, 9.17) is 9.15 Å². The van der Waals surface area contributed by atoms with Gasteiger partial charge in [-0.1, -0.05) is 48.9 Å². The standard InChI is InChI=1S/C22H21NO5/c1-14-8-9-19-17(10-14)18(24)11-20(28-19)22(26)27-13-21(25)23-12-15(2)16-6-4-3-5-7-16/h3-11,15H,12-13H2,1-2H3,(H,23,25)/t15-/m0/s1. The van der Waals surface area contributed by atoms with Gasteiger partial charge in [-0.2, -0.15) is 0 Å². The molecule has 0 aliphatic carbocycles. The Labute approximate surface area is 162 Å². The number of hydrogen-bond acceptors (Lipinski definition) is 5. The number of amides is 1. The Bertz CT molecular complexity index is 1060. The summed E-state index contributed by atoms with van der Waals surface area (Å²) in [6.45, 7) is 3.83. The van der Waals surface area contributed by atoms with Crippen LogP contribution in [0.25, 0.3) is 11.0 Å². The van der Waals surface area contributed by atoms with Crippen LogP contribution in [0.15, 0.2) is 63.8 Å². The summed E-state index contributed by atoms with van der Waals surface area (Å²) in [7, 11) is 0. The minimum Gasteiger partial charge on any atom is -0.450 e. The van der Waals surface area contributed by atoms with E-state index in [1.54, 1.807) is 18.2 Å². The third kappa shape index (κ3) is 4.65. The number of fused-ring (bicyclic) bond motifs is 1. The van der Waals surface area contributed by atoms with Gasteiger partial charge < -0.3 is 14.5 Å². The summed E-state index contributed by atoms with van der Waals surface area (Å²) >= 11 is 0. The molecule has 3 aromatic rings. The van der Waals surface area contributed by atoms with E-state index < -0.39 is 18.5 Å². The maximum atomic E-state index is 12.2. The second-order valence-corrected chi connectivity index (χ2v) is 6.67. The van der Waals surface area contributed by atoms with Crippen LogP contribution in [0.5, 0.6) is 0 Å². The minimum atomic E-state index is -0.856. The number of carbonyl (C=O) groups is 2. The van der Waals surface area contributed by atoms with Gasteiger partial charge in [0.15, 0.2) is 12.0 Å². The lowest BCUT2D eigenvalue weighted by Crippen LogP contribution is -2.31. The van der Waals surface area contributed by atoms with Gasteiger partial charge in [0.05, 0.1) is 5.39 Å². The summed E-state index contributed by atoms with van der Waals surface area (Å²) in [4.78, 5) is 36.2. The molecule has 0 fully saturated rings. The van der Waals surface area contributed by atoms with E-state index >= 15 is 0 Å². The molecule has 0 bridgehead atoms. The van der Waals surface area contributed by atoms with Crippen LogP contribution in [0, 0.1) is 6.92 Å². The quantitative estimate of drug-likeness (QED) is 0.665. The van der Waals surface area contributed by atoms with Crippen molar-refractivity contribution in [2.75, 3.05) is 13.2 Å². The summed E-state index contributed by atoms with van der Waals surface area (Å²) < 4.78 is 10.4. The molecule has 0 aliphatic heterocycles. The Morgan fingerprint density at radius 2 is 1.86 bits per heavy atom. The SMILES string of the molecule is Cc1ccc2oc(C(=O)OCC(=O)NC[C@H](C)c3ccccc3)cc(=O)c2c1. The fourth-order valence-corrected chi connectivity index (χ4v) is 2.79. The molecule has 1 aromatic heterocycles. The predicted molar refractivity (Wildman–Crippen MR) is 105 cm³/mol. The van der Waals surface area contributed by atoms with E-state index in [0.717, 1.165) is 17.2 Å². The van der Waals surface area contributed by atoms with E-state index in [0.29, 0.717) is 17.5 Å². The zero-order valence-electron chi connectivity index (χ0n) is 15.7. The monoisotopic (exact) mass is 379 g/mol. The van der Waals surface area contributed by atoms with Gasteiger partial charge in [0, 0.05) is 12.6 Å². The zero-order valence-corrected chi connectivity index (χ0v) is 15.7. The molecule has 0 saturated carbocycles. The maximum absolute atomic E-state index is 12.2. The van der Waals surface area contributed by atoms with Gasteiger partial charge in [-0.15, -0.1) is 0 Å². The lowest BCUT2D eigenvalue weighted by molar-refractivity contribution is -0.124. The highest BCUT2D eigenvalue weighted by atomic mass is 16.5. The van der Waals surface area contributed by atoms with Crippen LogP contribution < -0.4 is 10.7 Å². The van der Waals surface area contributed by atoms with Crippen LogP contribution in [-0.2, 0) is 9.53 Å². The topological polar surface area (TPSA) is 85.6 Å². The lowest BCUT2D eigenvalue weighted by Gasteiger charge is -2.13. The van der Waals surface area contributed by atoms with E-state index in [1.165, 1.54) is 0 Å². The lowest BCUT2D eigenvalue weighted by atomic mass is 10.0. The number of aryl methyl sites for hydroxylation is 1. The third-order valence-electron chi connectivity index (χ3n) is 4.39. The molecular weight excluding hydrogens is 358 g/mol. The highest BCUT2D eigenvalue weighted by molar-refractivity contribution is 5.90. The molecule has 0 unspecified atom stereocenters. The number of benzene rings is 2. The number of nitrogens with one attached hydrogen (secondary N) is 1. The Kier molecular flexibility index (Phi) is 5.89. The average molecular weight is 379 g/mol. The van der Waals surface area contributed by atoms with Gasteiger partial charge >= 0.3 is 5.97 Å². The van der Waals surface area contributed by atoms with Crippen LogP contribution in [-0.4, -0.2) is 25.0 Å². The van der Waals surface area contributed by atoms with E-state index in [1.807, 2.05) is 44.2 Å². The first kappa shape index (κ1) is 19.4. The summed E-state index contributed by atoms with van der Waals surface area (Å²) in [5, 5.41) is 3.12. The second kappa shape index (κ2) is 8.52. The van der Waals surface area contributed by atoms with Crippen molar-refractivity contribution in [1.29, 1.82) is 0 Å². The van der Waals surface area contributed by atoms with Gasteiger partial charge in [-0.05, 0) is 30.5 Å². The first-order valence-electron chi connectivity index (χ1n) is 8.97. The summed E-state index contributed by atoms with van der Waals surface area (Å²) in [6, 6.07) is 16.0. The van der Waals surface area contributed by atoms with Crippen LogP contribution in [0.4, 0.5) is 0 Å². The fourth-order valence-electron chi connectivity index (χ4n) is 2.79. The Morgan fingerprint density at radius 1 is 1.11 bits per heavy atom. The molecule has 144 valence electrons. The molecule has 0 spiro atoms. The molecule has 1 amide bonds. The molecule has 1 N–H and O–H groups in total. The Hall–Kier alpha value is -3.41. The van der Waals surface area contributed by atoms with Crippen molar-refractivity contribution in [2.45, 2.75) is 19.8 Å². The van der Waals surface area contributed by atoms with Crippen molar-refractivity contribution in [3.05, 3.63) is 81.7 Å². The molecule has 3 rings (SSSR count). The Balaban J connectivity index is 1.56. The predicted octanol–water partition coefficient (Wildman–Crippen LogP) is 3.18. The molecule has 6 heteroatoms. The number of hydrogen-bond donors (Lipinski definition) is 1. The largest absolute Gasteiger partial charge is 0.450 e. The van der Waals surface area contributed by atoms with Crippen molar-refractivity contribution >= 4 is 22.8 Å². The summed E-state index contributed by atoms with van der Waals surface area (Å²) in [5.74, 6) is -1.38. The number of carbonyl (C=O) groups excluding carboxylic acids is 2. The van der Waals surface area contributed by atoms with Gasteiger partial charge in [0.2, 0.25) is 5.76 Å². The van der Waals surface area contributed by atoms with E-state index in [2.05, 4.69) is 5.32 Å². The van der Waals surface area contributed by atoms with Gasteiger partial charge in [0.1, 0.15) is 5.58 Å². The first-order valence-corrected chi connectivity index (χ1v) is 8.97. The van der Waals surface area contributed by atoms with Crippen molar-refractivity contribution in [3.8, 4) is 0 Å². The van der Waals surface area contributed by atoms with Gasteiger partial charge in [-0.25, -0.2) is 4.79 Å². The fraction of sp³-hybridized carbons (Fsp3) is 0.227. The molecular formula is C22H21NO5. The normalized spacial score (nSPS) is 11.8. The third-order valence-corrected chi connectivity index (χ3v) is 4.39. The van der Waals surface area contributed by atoms with Crippen molar-refractivity contribution in [2.24, 2.45) is 0 Å². The molecule has 0 aliphatic rings. The van der Waals surface area contributed by atoms with Crippen LogP contribution in [0.2, 0.25) is 0 Å². The molecule has 0 saturated heterocycles. The molecule has 0 radical (unpaired) electrons. The first-order chi connectivity index (χ1) is 13.4. The minimum absolute atomic E-state index is 0.128. The van der Waals surface area contributed by atoms with E-state index in [9.17, 15) is 14.4 Å². The van der Waals surface area contributed by atoms with E-state index in [-0.39, 0.29) is 17.1 Å². The van der Waals surface area contributed by atoms with Gasteiger partial charge in [0.25, 0.3) is 5.91 Å². The van der Waals surface area contributed by atoms with Crippen LogP contribution >= 0.6 is 0 Å². The molecule has 1 atom stereocenters. The number of esters is 1. The van der Waals surface area contributed by atoms with Crippen molar-refractivity contribution < 1.29 is 18.7 Å². The Morgan fingerprint density at radius 3 is 2.61 bits per heavy atom. The summed E-state index contributed by atoms with van der Waals surface area (Å²) in [5.41, 5.74) is 1.98. The molecule has 2 aromatic carbocycles. The number of rotatable bonds is 6. The van der Waals surface area contributed by atoms with Crippen molar-refractivity contribution in [1.82, 2.24) is 5.32 Å². The molecule has 28 heavy (non-hydrogen) atoms. The second-order valence-electron chi connectivity index (χ2n) is 6.67. The highest BCUT2D eigenvalue weighted by Crippen LogP contribution is 2.15. The van der Waals surface area contributed by atoms with Crippen LogP contribution in [0.3, 0.4) is 0 Å². The van der Waals surface area contributed by atoms with Gasteiger partial charge in [-0.3, -0.25) is 9.59 Å². The maximum Gasteiger partial charge on any atom is 0.374 e. The molecule has 6 nitrogen and oxygen atoms in total. The highest BCUT2D eigenvalue weighted by Gasteiger charge is 2.16.